The van der Waals surface area contributed by atoms with Gasteiger partial charge in [0.2, 0.25) is 0 Å². The number of anilines is 1. The number of hydrogen-bond acceptors (Lipinski definition) is 8. The summed E-state index contributed by atoms with van der Waals surface area (Å²) in [5.41, 5.74) is 13.1. The molecule has 9 nitrogen and oxygen atoms in total. The van der Waals surface area contributed by atoms with Crippen molar-refractivity contribution in [2.75, 3.05) is 38.6 Å². The summed E-state index contributed by atoms with van der Waals surface area (Å²) in [7, 11) is 0. The van der Waals surface area contributed by atoms with Gasteiger partial charge in [-0.15, -0.1) is 0 Å². The molecule has 1 aliphatic rings. The van der Waals surface area contributed by atoms with E-state index in [1.54, 1.807) is 6.20 Å². The van der Waals surface area contributed by atoms with Crippen LogP contribution >= 0.6 is 11.6 Å². The quantitative estimate of drug-likeness (QED) is 0.308. The lowest BCUT2D eigenvalue weighted by molar-refractivity contribution is 0.0360. The summed E-state index contributed by atoms with van der Waals surface area (Å²) >= 11 is 6.32. The van der Waals surface area contributed by atoms with E-state index in [0.29, 0.717) is 23.1 Å². The highest BCUT2D eigenvalue weighted by Gasteiger charge is 2.21. The van der Waals surface area contributed by atoms with Gasteiger partial charge >= 0.3 is 0 Å². The third-order valence-corrected chi connectivity index (χ3v) is 7.45. The average molecular weight is 544 g/mol. The molecular weight excluding hydrogens is 514 g/mol. The number of nitrogen functional groups attached to an aromatic ring is 1. The van der Waals surface area contributed by atoms with E-state index in [4.69, 9.17) is 36.6 Å². The molecule has 200 valence electrons. The second-order valence-corrected chi connectivity index (χ2v) is 10.3. The molecule has 39 heavy (non-hydrogen) atoms. The monoisotopic (exact) mass is 543 g/mol. The van der Waals surface area contributed by atoms with Crippen LogP contribution in [0.25, 0.3) is 33.4 Å². The molecule has 10 heteroatoms. The molecule has 5 aromatic rings. The molecule has 0 saturated carbocycles. The highest BCUT2D eigenvalue weighted by atomic mass is 35.5. The van der Waals surface area contributed by atoms with Gasteiger partial charge in [0.15, 0.2) is 5.82 Å². The van der Waals surface area contributed by atoms with Gasteiger partial charge in [0.25, 0.3) is 0 Å². The zero-order chi connectivity index (χ0) is 26.9. The van der Waals surface area contributed by atoms with Gasteiger partial charge in [-0.25, -0.2) is 9.97 Å². The van der Waals surface area contributed by atoms with Gasteiger partial charge in [0, 0.05) is 41.8 Å². The molecule has 6 rings (SSSR count). The van der Waals surface area contributed by atoms with E-state index in [2.05, 4.69) is 27.3 Å². The first-order valence-electron chi connectivity index (χ1n) is 13.1. The minimum absolute atomic E-state index is 0.418. The molecule has 2 aromatic carbocycles. The average Bonchev–Trinajstić information content (AvgIpc) is 3.54. The Morgan fingerprint density at radius 1 is 1.05 bits per heavy atom. The Bertz CT molecular complexity index is 1620. The van der Waals surface area contributed by atoms with Crippen molar-refractivity contribution >= 4 is 28.3 Å². The number of benzene rings is 2. The first-order valence-corrected chi connectivity index (χ1v) is 13.4. The van der Waals surface area contributed by atoms with Crippen molar-refractivity contribution in [1.29, 1.82) is 0 Å². The molecule has 1 saturated heterocycles. The molecule has 0 atom stereocenters. The predicted octanol–water partition coefficient (Wildman–Crippen LogP) is 4.92. The zero-order valence-corrected chi connectivity index (χ0v) is 22.8. The van der Waals surface area contributed by atoms with Gasteiger partial charge in [-0.3, -0.25) is 9.58 Å². The SMILES string of the molecule is Cc1noc(C)c1-c1ccc2nc(-c3cnn(CCN4CCOCC4)c3)nc(N)c2c1Cc1cccc(Cl)c1. The van der Waals surface area contributed by atoms with E-state index in [9.17, 15) is 0 Å². The van der Waals surface area contributed by atoms with Gasteiger partial charge in [0.1, 0.15) is 11.6 Å². The van der Waals surface area contributed by atoms with Gasteiger partial charge in [-0.1, -0.05) is 35.0 Å². The lowest BCUT2D eigenvalue weighted by atomic mass is 9.91. The maximum absolute atomic E-state index is 6.68. The summed E-state index contributed by atoms with van der Waals surface area (Å²) in [4.78, 5) is 12.0. The molecule has 3 aromatic heterocycles. The van der Waals surface area contributed by atoms with Crippen LogP contribution in [0.5, 0.6) is 0 Å². The number of ether oxygens (including phenoxy) is 1. The molecular formula is C29H30ClN7O2. The van der Waals surface area contributed by atoms with E-state index < -0.39 is 0 Å². The number of halogens is 1. The minimum Gasteiger partial charge on any atom is -0.383 e. The molecule has 0 unspecified atom stereocenters. The number of rotatable bonds is 7. The van der Waals surface area contributed by atoms with Crippen molar-refractivity contribution in [3.05, 3.63) is 76.4 Å². The first kappa shape index (κ1) is 25.5. The maximum atomic E-state index is 6.68. The van der Waals surface area contributed by atoms with Gasteiger partial charge in [0.05, 0.1) is 42.7 Å². The highest BCUT2D eigenvalue weighted by molar-refractivity contribution is 6.30. The van der Waals surface area contributed by atoms with Crippen molar-refractivity contribution in [2.45, 2.75) is 26.8 Å². The fourth-order valence-electron chi connectivity index (χ4n) is 5.26. The molecule has 2 N–H and O–H groups in total. The Hall–Kier alpha value is -3.79. The molecule has 1 fully saturated rings. The largest absolute Gasteiger partial charge is 0.383 e. The second-order valence-electron chi connectivity index (χ2n) is 9.87. The van der Waals surface area contributed by atoms with E-state index in [0.717, 1.165) is 89.6 Å². The number of fused-ring (bicyclic) bond motifs is 1. The number of aromatic nitrogens is 5. The Morgan fingerprint density at radius 3 is 2.67 bits per heavy atom. The Morgan fingerprint density at radius 2 is 1.90 bits per heavy atom. The van der Waals surface area contributed by atoms with E-state index in [-0.39, 0.29) is 0 Å². The van der Waals surface area contributed by atoms with Crippen LogP contribution < -0.4 is 5.73 Å². The van der Waals surface area contributed by atoms with Crippen molar-refractivity contribution < 1.29 is 9.26 Å². The Kier molecular flexibility index (Phi) is 7.03. The normalized spacial score (nSPS) is 14.3. The van der Waals surface area contributed by atoms with Crippen LogP contribution in [0.3, 0.4) is 0 Å². The Balaban J connectivity index is 1.39. The van der Waals surface area contributed by atoms with Crippen LogP contribution in [0.2, 0.25) is 5.02 Å². The van der Waals surface area contributed by atoms with E-state index >= 15 is 0 Å². The van der Waals surface area contributed by atoms with Crippen LogP contribution in [0.1, 0.15) is 22.6 Å². The van der Waals surface area contributed by atoms with Crippen molar-refractivity contribution in [3.63, 3.8) is 0 Å². The van der Waals surface area contributed by atoms with Crippen LogP contribution in [-0.4, -0.2) is 62.7 Å². The fourth-order valence-corrected chi connectivity index (χ4v) is 5.47. The van der Waals surface area contributed by atoms with Crippen LogP contribution in [0, 0.1) is 13.8 Å². The molecule has 0 radical (unpaired) electrons. The lowest BCUT2D eigenvalue weighted by Gasteiger charge is -2.26. The third-order valence-electron chi connectivity index (χ3n) is 7.21. The molecule has 0 bridgehead atoms. The lowest BCUT2D eigenvalue weighted by Crippen LogP contribution is -2.38. The van der Waals surface area contributed by atoms with Crippen LogP contribution in [0.4, 0.5) is 5.82 Å². The van der Waals surface area contributed by atoms with Crippen molar-refractivity contribution in [3.8, 4) is 22.5 Å². The zero-order valence-electron chi connectivity index (χ0n) is 22.0. The first-order chi connectivity index (χ1) is 19.0. The summed E-state index contributed by atoms with van der Waals surface area (Å²) < 4.78 is 12.9. The molecule has 0 amide bonds. The number of aryl methyl sites for hydroxylation is 2. The number of morpholine rings is 1. The van der Waals surface area contributed by atoms with Crippen molar-refractivity contribution in [1.82, 2.24) is 29.8 Å². The summed E-state index contributed by atoms with van der Waals surface area (Å²) in [6.07, 6.45) is 4.38. The van der Waals surface area contributed by atoms with Crippen LogP contribution in [-0.2, 0) is 17.7 Å². The highest BCUT2D eigenvalue weighted by Crippen LogP contribution is 2.37. The standard InChI is InChI=1S/C29H30ClN7O2/c1-18-26(19(2)39-35-18)23-6-7-25-27(24(23)15-20-4-3-5-22(30)14-20)28(31)34-29(33-25)21-16-32-37(17-21)9-8-36-10-12-38-13-11-36/h3-7,14,16-17H,8-13,15H2,1-2H3,(H2,31,33,34). The van der Waals surface area contributed by atoms with Gasteiger partial charge in [-0.2, -0.15) is 5.10 Å². The number of nitrogens with two attached hydrogens (primary N) is 1. The Labute approximate surface area is 231 Å². The number of hydrogen-bond donors (Lipinski definition) is 1. The number of nitrogens with zero attached hydrogens (tertiary/aromatic N) is 6. The smallest absolute Gasteiger partial charge is 0.165 e. The topological polar surface area (TPSA) is 108 Å². The fraction of sp³-hybridized carbons (Fsp3) is 0.310. The third kappa shape index (κ3) is 5.25. The molecule has 4 heterocycles. The summed E-state index contributed by atoms with van der Waals surface area (Å²) in [5, 5.41) is 10.2. The molecule has 0 spiro atoms. The molecule has 1 aliphatic heterocycles. The summed E-state index contributed by atoms with van der Waals surface area (Å²) in [6.45, 7) is 9.03. The summed E-state index contributed by atoms with van der Waals surface area (Å²) in [6, 6.07) is 11.9. The maximum Gasteiger partial charge on any atom is 0.165 e. The van der Waals surface area contributed by atoms with Crippen LogP contribution in [0.15, 0.2) is 53.3 Å². The van der Waals surface area contributed by atoms with E-state index in [1.165, 1.54) is 0 Å². The second kappa shape index (κ2) is 10.8. The van der Waals surface area contributed by atoms with Gasteiger partial charge < -0.3 is 15.0 Å². The predicted molar refractivity (Wildman–Crippen MR) is 152 cm³/mol. The summed E-state index contributed by atoms with van der Waals surface area (Å²) in [5.74, 6) is 1.72. The van der Waals surface area contributed by atoms with Gasteiger partial charge in [-0.05, 0) is 55.2 Å². The minimum atomic E-state index is 0.418. The van der Waals surface area contributed by atoms with E-state index in [1.807, 2.05) is 49.0 Å². The molecule has 0 aliphatic carbocycles. The van der Waals surface area contributed by atoms with Crippen molar-refractivity contribution in [2.24, 2.45) is 0 Å².